The van der Waals surface area contributed by atoms with Gasteiger partial charge in [-0.1, -0.05) is 0 Å². The van der Waals surface area contributed by atoms with Crippen molar-refractivity contribution in [1.29, 1.82) is 0 Å². The molecule has 1 aliphatic heterocycles. The van der Waals surface area contributed by atoms with E-state index in [1.807, 2.05) is 11.8 Å². The van der Waals surface area contributed by atoms with Crippen LogP contribution >= 0.6 is 0 Å². The standard InChI is InChI=1S/C8H17N3O/c1-6-5-11(8(12)9-3)7(2)4-10-6/h6-7,10H,4-5H2,1-3H3,(H,9,12). The minimum Gasteiger partial charge on any atom is -0.341 e. The maximum atomic E-state index is 11.3. The minimum absolute atomic E-state index is 0.0239. The lowest BCUT2D eigenvalue weighted by molar-refractivity contribution is 0.152. The summed E-state index contributed by atoms with van der Waals surface area (Å²) in [5, 5.41) is 5.96. The molecule has 12 heavy (non-hydrogen) atoms. The lowest BCUT2D eigenvalue weighted by Gasteiger charge is -2.37. The van der Waals surface area contributed by atoms with Crippen LogP contribution in [-0.2, 0) is 0 Å². The summed E-state index contributed by atoms with van der Waals surface area (Å²) in [6, 6.07) is 0.718. The first kappa shape index (κ1) is 9.32. The summed E-state index contributed by atoms with van der Waals surface area (Å²) in [6.45, 7) is 5.81. The van der Waals surface area contributed by atoms with E-state index in [9.17, 15) is 4.79 Å². The molecule has 4 heteroatoms. The van der Waals surface area contributed by atoms with Gasteiger partial charge in [0, 0.05) is 32.2 Å². The number of carbonyl (C=O) groups is 1. The number of hydrogen-bond acceptors (Lipinski definition) is 2. The maximum Gasteiger partial charge on any atom is 0.317 e. The zero-order chi connectivity index (χ0) is 9.14. The summed E-state index contributed by atoms with van der Waals surface area (Å²) in [4.78, 5) is 13.2. The molecule has 0 spiro atoms. The molecule has 0 saturated carbocycles. The zero-order valence-electron chi connectivity index (χ0n) is 7.92. The number of amides is 2. The number of urea groups is 1. The Bertz CT molecular complexity index is 172. The molecule has 0 aromatic carbocycles. The van der Waals surface area contributed by atoms with Gasteiger partial charge in [-0.3, -0.25) is 0 Å². The van der Waals surface area contributed by atoms with E-state index in [0.717, 1.165) is 13.1 Å². The molecule has 0 bridgehead atoms. The first-order valence-electron chi connectivity index (χ1n) is 4.37. The lowest BCUT2D eigenvalue weighted by Crippen LogP contribution is -2.58. The lowest BCUT2D eigenvalue weighted by atomic mass is 10.1. The van der Waals surface area contributed by atoms with E-state index in [1.54, 1.807) is 7.05 Å². The van der Waals surface area contributed by atoms with E-state index in [1.165, 1.54) is 0 Å². The highest BCUT2D eigenvalue weighted by Gasteiger charge is 2.25. The fraction of sp³-hybridized carbons (Fsp3) is 0.875. The third-order valence-corrected chi connectivity index (χ3v) is 2.24. The largest absolute Gasteiger partial charge is 0.341 e. The van der Waals surface area contributed by atoms with Gasteiger partial charge in [0.15, 0.2) is 0 Å². The molecule has 1 rings (SSSR count). The Labute approximate surface area is 73.3 Å². The van der Waals surface area contributed by atoms with Crippen LogP contribution in [-0.4, -0.2) is 43.2 Å². The van der Waals surface area contributed by atoms with Crippen LogP contribution in [0.1, 0.15) is 13.8 Å². The van der Waals surface area contributed by atoms with Crippen LogP contribution in [0.2, 0.25) is 0 Å². The van der Waals surface area contributed by atoms with Gasteiger partial charge in [-0.05, 0) is 13.8 Å². The second kappa shape index (κ2) is 3.76. The fourth-order valence-corrected chi connectivity index (χ4v) is 1.45. The van der Waals surface area contributed by atoms with Crippen molar-refractivity contribution < 1.29 is 4.79 Å². The summed E-state index contributed by atoms with van der Waals surface area (Å²) in [6.07, 6.45) is 0. The Kier molecular flexibility index (Phi) is 2.92. The number of rotatable bonds is 0. The van der Waals surface area contributed by atoms with E-state index >= 15 is 0 Å². The zero-order valence-corrected chi connectivity index (χ0v) is 7.92. The number of piperazine rings is 1. The average molecular weight is 171 g/mol. The van der Waals surface area contributed by atoms with Crippen molar-refractivity contribution in [3.8, 4) is 0 Å². The highest BCUT2D eigenvalue weighted by Crippen LogP contribution is 2.05. The quantitative estimate of drug-likeness (QED) is 0.539. The molecular weight excluding hydrogens is 154 g/mol. The predicted molar refractivity (Wildman–Crippen MR) is 48.1 cm³/mol. The van der Waals surface area contributed by atoms with Crippen LogP contribution in [0, 0.1) is 0 Å². The summed E-state index contributed by atoms with van der Waals surface area (Å²) >= 11 is 0. The fourth-order valence-electron chi connectivity index (χ4n) is 1.45. The Morgan fingerprint density at radius 1 is 1.58 bits per heavy atom. The molecular formula is C8H17N3O. The van der Waals surface area contributed by atoms with Gasteiger partial charge in [-0.25, -0.2) is 4.79 Å². The van der Waals surface area contributed by atoms with Gasteiger partial charge >= 0.3 is 6.03 Å². The smallest absolute Gasteiger partial charge is 0.317 e. The molecule has 0 aromatic heterocycles. The number of hydrogen-bond donors (Lipinski definition) is 2. The average Bonchev–Trinajstić information content (AvgIpc) is 2.08. The molecule has 1 saturated heterocycles. The Balaban J connectivity index is 2.54. The predicted octanol–water partition coefficient (Wildman–Crippen LogP) is 0.00800. The molecule has 2 atom stereocenters. The number of nitrogens with zero attached hydrogens (tertiary/aromatic N) is 1. The van der Waals surface area contributed by atoms with Gasteiger partial charge < -0.3 is 15.5 Å². The third kappa shape index (κ3) is 1.88. The topological polar surface area (TPSA) is 44.4 Å². The summed E-state index contributed by atoms with van der Waals surface area (Å²) in [7, 11) is 1.67. The van der Waals surface area contributed by atoms with Crippen molar-refractivity contribution in [3.05, 3.63) is 0 Å². The summed E-state index contributed by atoms with van der Waals surface area (Å²) < 4.78 is 0. The molecule has 0 aromatic rings. The van der Waals surface area contributed by atoms with Gasteiger partial charge in [0.2, 0.25) is 0 Å². The van der Waals surface area contributed by atoms with Gasteiger partial charge in [0.25, 0.3) is 0 Å². The van der Waals surface area contributed by atoms with Gasteiger partial charge in [0.05, 0.1) is 0 Å². The minimum atomic E-state index is 0.0239. The summed E-state index contributed by atoms with van der Waals surface area (Å²) in [5.41, 5.74) is 0. The first-order chi connectivity index (χ1) is 5.65. The van der Waals surface area contributed by atoms with Crippen LogP contribution in [0.25, 0.3) is 0 Å². The van der Waals surface area contributed by atoms with Crippen molar-refractivity contribution in [2.45, 2.75) is 25.9 Å². The van der Waals surface area contributed by atoms with Crippen molar-refractivity contribution in [3.63, 3.8) is 0 Å². The van der Waals surface area contributed by atoms with Crippen molar-refractivity contribution in [2.75, 3.05) is 20.1 Å². The van der Waals surface area contributed by atoms with Crippen molar-refractivity contribution >= 4 is 6.03 Å². The van der Waals surface area contributed by atoms with Gasteiger partial charge in [-0.15, -0.1) is 0 Å². The second-order valence-electron chi connectivity index (χ2n) is 3.37. The molecule has 0 radical (unpaired) electrons. The monoisotopic (exact) mass is 171 g/mol. The van der Waals surface area contributed by atoms with E-state index in [-0.39, 0.29) is 6.03 Å². The highest BCUT2D eigenvalue weighted by molar-refractivity contribution is 5.74. The third-order valence-electron chi connectivity index (χ3n) is 2.24. The van der Waals surface area contributed by atoms with E-state index < -0.39 is 0 Å². The van der Waals surface area contributed by atoms with Crippen LogP contribution in [0.3, 0.4) is 0 Å². The normalized spacial score (nSPS) is 30.1. The maximum absolute atomic E-state index is 11.3. The molecule has 1 heterocycles. The molecule has 1 aliphatic rings. The van der Waals surface area contributed by atoms with E-state index in [0.29, 0.717) is 12.1 Å². The molecule has 2 amide bonds. The molecule has 4 nitrogen and oxygen atoms in total. The molecule has 0 aliphatic carbocycles. The second-order valence-corrected chi connectivity index (χ2v) is 3.37. The Morgan fingerprint density at radius 2 is 2.25 bits per heavy atom. The molecule has 1 fully saturated rings. The number of nitrogens with one attached hydrogen (secondary N) is 2. The van der Waals surface area contributed by atoms with E-state index in [2.05, 4.69) is 17.6 Å². The van der Waals surface area contributed by atoms with Crippen LogP contribution in [0.4, 0.5) is 4.79 Å². The molecule has 70 valence electrons. The Hall–Kier alpha value is -0.770. The SMILES string of the molecule is CNC(=O)N1CC(C)NCC1C. The molecule has 2 unspecified atom stereocenters. The van der Waals surface area contributed by atoms with Gasteiger partial charge in [-0.2, -0.15) is 0 Å². The number of carbonyl (C=O) groups excluding carboxylic acids is 1. The van der Waals surface area contributed by atoms with E-state index in [4.69, 9.17) is 0 Å². The van der Waals surface area contributed by atoms with Crippen LogP contribution < -0.4 is 10.6 Å². The van der Waals surface area contributed by atoms with Crippen LogP contribution in [0.5, 0.6) is 0 Å². The Morgan fingerprint density at radius 3 is 2.83 bits per heavy atom. The molecule has 2 N–H and O–H groups in total. The van der Waals surface area contributed by atoms with Gasteiger partial charge in [0.1, 0.15) is 0 Å². The first-order valence-corrected chi connectivity index (χ1v) is 4.37. The van der Waals surface area contributed by atoms with Crippen molar-refractivity contribution in [1.82, 2.24) is 15.5 Å². The van der Waals surface area contributed by atoms with Crippen molar-refractivity contribution in [2.24, 2.45) is 0 Å². The summed E-state index contributed by atoms with van der Waals surface area (Å²) in [5.74, 6) is 0. The van der Waals surface area contributed by atoms with Crippen LogP contribution in [0.15, 0.2) is 0 Å². The highest BCUT2D eigenvalue weighted by atomic mass is 16.2.